The third kappa shape index (κ3) is 62.6. The fourth-order valence-corrected chi connectivity index (χ4v) is 8.31. The number of quaternary nitrogens is 1. The molecule has 0 aliphatic carbocycles. The van der Waals surface area contributed by atoms with Gasteiger partial charge in [0, 0.05) is 12.8 Å². The van der Waals surface area contributed by atoms with E-state index in [2.05, 4.69) is 178 Å². The van der Waals surface area contributed by atoms with Crippen LogP contribution in [-0.2, 0) is 32.7 Å². The van der Waals surface area contributed by atoms with Crippen molar-refractivity contribution < 1.29 is 42.1 Å². The van der Waals surface area contributed by atoms with Crippen LogP contribution >= 0.6 is 7.82 Å². The van der Waals surface area contributed by atoms with Crippen LogP contribution in [0.5, 0.6) is 0 Å². The molecule has 0 radical (unpaired) electrons. The molecular weight excluding hydrogens is 1010 g/mol. The highest BCUT2D eigenvalue weighted by Crippen LogP contribution is 2.43. The summed E-state index contributed by atoms with van der Waals surface area (Å²) in [4.78, 5) is 35.7. The van der Waals surface area contributed by atoms with E-state index in [0.29, 0.717) is 23.9 Å². The molecule has 0 aromatic rings. The fourth-order valence-electron chi connectivity index (χ4n) is 7.57. The first kappa shape index (κ1) is 75.4. The number of carbonyl (C=O) groups excluding carboxylic acids is 2. The maximum Gasteiger partial charge on any atom is 0.472 e. The van der Waals surface area contributed by atoms with Crippen molar-refractivity contribution in [3.05, 3.63) is 170 Å². The van der Waals surface area contributed by atoms with Crippen LogP contribution in [0.4, 0.5) is 0 Å². The van der Waals surface area contributed by atoms with Crippen molar-refractivity contribution in [3.8, 4) is 0 Å². The SMILES string of the molecule is CC/C=C\C/C=C\C/C=C\C/C=C\C/C=C\C/C=C\C/C=C\C/C=C\C/C=C\CCCC(=O)OC(COC(=O)CCCCCCCCCCCCC/C=C\C/C=C\C/C=C\C/C=C\C/C=C\CC)COP(=O)(O)OCC[N+](C)(C)C. The fraction of sp³-hybridized carbons (Fsp3) is 0.571. The molecule has 0 fully saturated rings. The highest BCUT2D eigenvalue weighted by Gasteiger charge is 2.27. The van der Waals surface area contributed by atoms with Crippen molar-refractivity contribution in [3.63, 3.8) is 0 Å². The number of phosphoric ester groups is 1. The summed E-state index contributed by atoms with van der Waals surface area (Å²) in [6.07, 6.45) is 90.1. The Bertz CT molecular complexity index is 1950. The van der Waals surface area contributed by atoms with Gasteiger partial charge in [-0.2, -0.15) is 0 Å². The van der Waals surface area contributed by atoms with Crippen LogP contribution < -0.4 is 0 Å². The van der Waals surface area contributed by atoms with E-state index in [4.69, 9.17) is 18.5 Å². The second-order valence-electron chi connectivity index (χ2n) is 21.0. The van der Waals surface area contributed by atoms with Gasteiger partial charge in [-0.05, 0) is 122 Å². The van der Waals surface area contributed by atoms with E-state index in [-0.39, 0.29) is 26.1 Å². The Hall–Kier alpha value is -4.63. The molecular formula is C70H113NO8P+. The van der Waals surface area contributed by atoms with Gasteiger partial charge in [0.15, 0.2) is 6.10 Å². The third-order valence-electron chi connectivity index (χ3n) is 12.2. The number of unbranched alkanes of at least 4 members (excludes halogenated alkanes) is 12. The van der Waals surface area contributed by atoms with Gasteiger partial charge in [-0.1, -0.05) is 242 Å². The van der Waals surface area contributed by atoms with Gasteiger partial charge in [0.1, 0.15) is 19.8 Å². The molecule has 2 unspecified atom stereocenters. The molecule has 0 saturated heterocycles. The highest BCUT2D eigenvalue weighted by atomic mass is 31.2. The van der Waals surface area contributed by atoms with E-state index >= 15 is 0 Å². The molecule has 0 bridgehead atoms. The number of hydrogen-bond donors (Lipinski definition) is 1. The van der Waals surface area contributed by atoms with E-state index in [0.717, 1.165) is 122 Å². The predicted octanol–water partition coefficient (Wildman–Crippen LogP) is 19.8. The Labute approximate surface area is 489 Å². The topological polar surface area (TPSA) is 108 Å². The van der Waals surface area contributed by atoms with Crippen LogP contribution in [-0.4, -0.2) is 74.9 Å². The smallest absolute Gasteiger partial charge is 0.462 e. The zero-order chi connectivity index (χ0) is 58.4. The lowest BCUT2D eigenvalue weighted by molar-refractivity contribution is -0.870. The number of rotatable bonds is 54. The molecule has 0 aromatic carbocycles. The van der Waals surface area contributed by atoms with Crippen LogP contribution in [0.15, 0.2) is 170 Å². The van der Waals surface area contributed by atoms with Crippen molar-refractivity contribution >= 4 is 19.8 Å². The molecule has 0 saturated carbocycles. The number of nitrogens with zero attached hydrogens (tertiary/aromatic N) is 1. The maximum absolute atomic E-state index is 12.8. The van der Waals surface area contributed by atoms with E-state index in [1.807, 2.05) is 27.2 Å². The molecule has 0 aliphatic rings. The van der Waals surface area contributed by atoms with Gasteiger partial charge in [0.05, 0.1) is 27.7 Å². The van der Waals surface area contributed by atoms with Crippen LogP contribution in [0, 0.1) is 0 Å². The lowest BCUT2D eigenvalue weighted by Crippen LogP contribution is -2.37. The summed E-state index contributed by atoms with van der Waals surface area (Å²) in [5.74, 6) is -0.885. The summed E-state index contributed by atoms with van der Waals surface area (Å²) in [6, 6.07) is 0. The predicted molar refractivity (Wildman–Crippen MR) is 343 cm³/mol. The summed E-state index contributed by atoms with van der Waals surface area (Å²) >= 11 is 0. The molecule has 10 heteroatoms. The lowest BCUT2D eigenvalue weighted by Gasteiger charge is -2.24. The zero-order valence-corrected chi connectivity index (χ0v) is 51.9. The summed E-state index contributed by atoms with van der Waals surface area (Å²) in [5, 5.41) is 0. The number of phosphoric acid groups is 1. The molecule has 2 atom stereocenters. The molecule has 1 N–H and O–H groups in total. The standard InChI is InChI=1S/C70H112NO8P/c1-6-8-10-12-14-16-18-20-22-24-26-28-30-32-34-35-37-39-41-43-45-47-49-51-53-55-57-59-61-63-70(73)79-68(67-78-80(74,75)77-65-64-71(3,4)5)66-76-69(72)62-60-58-56-54-52-50-48-46-44-42-40-38-36-33-31-29-27-25-23-21-19-17-15-13-11-9-7-2/h8-11,14-17,20-23,26-29,32-34,36-37,39,43,45,49,51,55,57,68H,6-7,12-13,18-19,24-25,30-31,35,38,40-42,44,46-48,50,52-54,56,58-67H2,1-5H3/p+1/b10-8-,11-9-,16-14-,17-15-,22-20-,23-21-,28-26-,29-27-,34-32-,36-33-,39-37-,45-43-,51-49-,57-55-. The second kappa shape index (κ2) is 59.0. The van der Waals surface area contributed by atoms with Gasteiger partial charge < -0.3 is 18.9 Å². The first-order valence-corrected chi connectivity index (χ1v) is 32.4. The van der Waals surface area contributed by atoms with Crippen molar-refractivity contribution in [2.45, 2.75) is 213 Å². The normalized spacial score (nSPS) is 14.4. The molecule has 450 valence electrons. The summed E-state index contributed by atoms with van der Waals surface area (Å²) in [5.41, 5.74) is 0. The van der Waals surface area contributed by atoms with Crippen LogP contribution in [0.2, 0.25) is 0 Å². The van der Waals surface area contributed by atoms with Crippen LogP contribution in [0.1, 0.15) is 206 Å². The summed E-state index contributed by atoms with van der Waals surface area (Å²) in [7, 11) is 1.41. The van der Waals surface area contributed by atoms with Gasteiger partial charge in [-0.15, -0.1) is 0 Å². The minimum Gasteiger partial charge on any atom is -0.462 e. The van der Waals surface area contributed by atoms with E-state index in [9.17, 15) is 19.0 Å². The number of carbonyl (C=O) groups is 2. The van der Waals surface area contributed by atoms with Crippen molar-refractivity contribution in [1.82, 2.24) is 0 Å². The third-order valence-corrected chi connectivity index (χ3v) is 13.2. The first-order chi connectivity index (χ1) is 39.0. The Morgan fingerprint density at radius 1 is 0.388 bits per heavy atom. The number of esters is 2. The molecule has 0 aliphatic heterocycles. The van der Waals surface area contributed by atoms with Crippen molar-refractivity contribution in [2.24, 2.45) is 0 Å². The van der Waals surface area contributed by atoms with Crippen LogP contribution in [0.25, 0.3) is 0 Å². The van der Waals surface area contributed by atoms with E-state index in [1.54, 1.807) is 0 Å². The Kier molecular flexibility index (Phi) is 55.6. The van der Waals surface area contributed by atoms with E-state index in [1.165, 1.54) is 44.9 Å². The first-order valence-electron chi connectivity index (χ1n) is 30.9. The molecule has 0 rings (SSSR count). The molecule has 0 amide bonds. The van der Waals surface area contributed by atoms with Gasteiger partial charge in [0.25, 0.3) is 0 Å². The minimum absolute atomic E-state index is 0.0102. The molecule has 9 nitrogen and oxygen atoms in total. The lowest BCUT2D eigenvalue weighted by atomic mass is 10.0. The Morgan fingerprint density at radius 3 is 1.04 bits per heavy atom. The van der Waals surface area contributed by atoms with Gasteiger partial charge in [0.2, 0.25) is 0 Å². The Morgan fingerprint density at radius 2 is 0.688 bits per heavy atom. The number of ether oxygens (including phenoxy) is 2. The van der Waals surface area contributed by atoms with E-state index < -0.39 is 32.5 Å². The van der Waals surface area contributed by atoms with Gasteiger partial charge >= 0.3 is 19.8 Å². The quantitative estimate of drug-likeness (QED) is 0.0211. The number of likely N-dealkylation sites (N-methyl/N-ethyl adjacent to an activating group) is 1. The Balaban J connectivity index is 4.30. The van der Waals surface area contributed by atoms with Crippen molar-refractivity contribution in [2.75, 3.05) is 47.5 Å². The van der Waals surface area contributed by atoms with Gasteiger partial charge in [-0.3, -0.25) is 18.6 Å². The van der Waals surface area contributed by atoms with Gasteiger partial charge in [-0.25, -0.2) is 4.57 Å². The average Bonchev–Trinajstić information content (AvgIpc) is 3.42. The average molecular weight is 1130 g/mol. The largest absolute Gasteiger partial charge is 0.472 e. The molecule has 0 spiro atoms. The monoisotopic (exact) mass is 1130 g/mol. The number of hydrogen-bond acceptors (Lipinski definition) is 7. The maximum atomic E-state index is 12.8. The molecule has 80 heavy (non-hydrogen) atoms. The molecule has 0 heterocycles. The molecule has 0 aromatic heterocycles. The summed E-state index contributed by atoms with van der Waals surface area (Å²) < 4.78 is 34.5. The summed E-state index contributed by atoms with van der Waals surface area (Å²) in [6.45, 7) is 4.11. The van der Waals surface area contributed by atoms with Crippen molar-refractivity contribution in [1.29, 1.82) is 0 Å². The highest BCUT2D eigenvalue weighted by molar-refractivity contribution is 7.47. The second-order valence-corrected chi connectivity index (χ2v) is 22.4. The number of allylic oxidation sites excluding steroid dienone is 28. The van der Waals surface area contributed by atoms with Crippen LogP contribution in [0.3, 0.4) is 0 Å². The zero-order valence-electron chi connectivity index (χ0n) is 51.0. The minimum atomic E-state index is -4.42.